The summed E-state index contributed by atoms with van der Waals surface area (Å²) in [5.74, 6) is 1.22. The van der Waals surface area contributed by atoms with Gasteiger partial charge in [-0.3, -0.25) is 0 Å². The SMILES string of the molecule is COc1ccc2c(c1)[C@]13CCN(C)[C@H](C2)[C@]1(O)CC=C(OC(=O)N1CCCC1CN)[C@@H]3OC. The summed E-state index contributed by atoms with van der Waals surface area (Å²) < 4.78 is 17.6. The fourth-order valence-corrected chi connectivity index (χ4v) is 6.88. The fraction of sp³-hybridized carbons (Fsp3) is 0.640. The van der Waals surface area contributed by atoms with Crippen LogP contribution in [0.25, 0.3) is 0 Å². The summed E-state index contributed by atoms with van der Waals surface area (Å²) in [6.45, 7) is 1.88. The molecule has 5 rings (SSSR count). The van der Waals surface area contributed by atoms with Gasteiger partial charge >= 0.3 is 6.09 Å². The van der Waals surface area contributed by atoms with Gasteiger partial charge in [0.1, 0.15) is 17.6 Å². The van der Waals surface area contributed by atoms with Crippen LogP contribution < -0.4 is 10.5 Å². The highest BCUT2D eigenvalue weighted by Crippen LogP contribution is 2.59. The predicted molar refractivity (Wildman–Crippen MR) is 123 cm³/mol. The molecule has 2 bridgehead atoms. The Bertz CT molecular complexity index is 967. The molecule has 8 nitrogen and oxygen atoms in total. The van der Waals surface area contributed by atoms with E-state index in [2.05, 4.69) is 18.0 Å². The topological polar surface area (TPSA) is 97.5 Å². The second-order valence-electron chi connectivity index (χ2n) is 9.89. The van der Waals surface area contributed by atoms with Crippen molar-refractivity contribution >= 4 is 6.09 Å². The van der Waals surface area contributed by atoms with Crippen LogP contribution in [0.5, 0.6) is 5.75 Å². The summed E-state index contributed by atoms with van der Waals surface area (Å²) in [6, 6.07) is 6.04. The van der Waals surface area contributed by atoms with Crippen molar-refractivity contribution < 1.29 is 24.1 Å². The van der Waals surface area contributed by atoms with Gasteiger partial charge in [0.05, 0.1) is 18.1 Å². The van der Waals surface area contributed by atoms with Crippen molar-refractivity contribution in [1.82, 2.24) is 9.80 Å². The lowest BCUT2D eigenvalue weighted by Gasteiger charge is -2.64. The molecule has 3 N–H and O–H groups in total. The van der Waals surface area contributed by atoms with Crippen molar-refractivity contribution in [3.63, 3.8) is 0 Å². The van der Waals surface area contributed by atoms with Crippen LogP contribution in [-0.2, 0) is 21.3 Å². The molecule has 2 heterocycles. The van der Waals surface area contributed by atoms with Crippen LogP contribution in [-0.4, -0.2) is 85.7 Å². The zero-order valence-corrected chi connectivity index (χ0v) is 19.8. The van der Waals surface area contributed by atoms with Gasteiger partial charge in [-0.1, -0.05) is 6.07 Å². The Morgan fingerprint density at radius 3 is 2.85 bits per heavy atom. The van der Waals surface area contributed by atoms with Crippen LogP contribution in [0, 0.1) is 0 Å². The van der Waals surface area contributed by atoms with E-state index >= 15 is 0 Å². The van der Waals surface area contributed by atoms with Crippen molar-refractivity contribution in [3.8, 4) is 5.75 Å². The number of nitrogens with two attached hydrogens (primary N) is 1. The van der Waals surface area contributed by atoms with Crippen LogP contribution >= 0.6 is 0 Å². The van der Waals surface area contributed by atoms with E-state index in [1.807, 2.05) is 18.2 Å². The van der Waals surface area contributed by atoms with Gasteiger partial charge in [-0.15, -0.1) is 0 Å². The number of benzene rings is 1. The fourth-order valence-electron chi connectivity index (χ4n) is 6.88. The maximum Gasteiger partial charge on any atom is 0.415 e. The molecule has 180 valence electrons. The van der Waals surface area contributed by atoms with Crippen molar-refractivity contribution in [1.29, 1.82) is 0 Å². The molecule has 1 unspecified atom stereocenters. The molecule has 1 aromatic carbocycles. The summed E-state index contributed by atoms with van der Waals surface area (Å²) in [7, 11) is 5.35. The maximum atomic E-state index is 13.1. The normalized spacial score (nSPS) is 35.5. The van der Waals surface area contributed by atoms with E-state index < -0.39 is 17.1 Å². The third-order valence-electron chi connectivity index (χ3n) is 8.57. The van der Waals surface area contributed by atoms with Gasteiger partial charge in [0.2, 0.25) is 0 Å². The first-order valence-corrected chi connectivity index (χ1v) is 11.9. The predicted octanol–water partition coefficient (Wildman–Crippen LogP) is 1.79. The van der Waals surface area contributed by atoms with Gasteiger partial charge in [-0.05, 0) is 68.6 Å². The van der Waals surface area contributed by atoms with Crippen molar-refractivity contribution in [3.05, 3.63) is 41.2 Å². The highest BCUT2D eigenvalue weighted by Gasteiger charge is 2.68. The first kappa shape index (κ1) is 22.7. The number of carbonyl (C=O) groups is 1. The molecule has 4 aliphatic rings. The number of likely N-dealkylation sites (tertiary alicyclic amines) is 2. The molecule has 1 aromatic rings. The van der Waals surface area contributed by atoms with Gasteiger partial charge in [-0.2, -0.15) is 0 Å². The summed E-state index contributed by atoms with van der Waals surface area (Å²) in [5.41, 5.74) is 6.28. The smallest absolute Gasteiger partial charge is 0.415 e. The van der Waals surface area contributed by atoms with Crippen LogP contribution in [0.3, 0.4) is 0 Å². The molecule has 0 radical (unpaired) electrons. The van der Waals surface area contributed by atoms with Gasteiger partial charge in [0.15, 0.2) is 0 Å². The molecular weight excluding hydrogens is 422 g/mol. The van der Waals surface area contributed by atoms with Crippen LogP contribution in [0.2, 0.25) is 0 Å². The van der Waals surface area contributed by atoms with Gasteiger partial charge in [0.25, 0.3) is 0 Å². The number of nitrogens with zero attached hydrogens (tertiary/aromatic N) is 2. The Morgan fingerprint density at radius 2 is 2.12 bits per heavy atom. The quantitative estimate of drug-likeness (QED) is 0.711. The second kappa shape index (κ2) is 8.27. The van der Waals surface area contributed by atoms with E-state index in [0.717, 1.165) is 37.1 Å². The average Bonchev–Trinajstić information content (AvgIpc) is 3.30. The number of hydrogen-bond acceptors (Lipinski definition) is 7. The Balaban J connectivity index is 1.58. The Kier molecular flexibility index (Phi) is 5.68. The van der Waals surface area contributed by atoms with Crippen LogP contribution in [0.1, 0.15) is 36.8 Å². The van der Waals surface area contributed by atoms with Crippen LogP contribution in [0.4, 0.5) is 4.79 Å². The van der Waals surface area contributed by atoms with Crippen LogP contribution in [0.15, 0.2) is 30.0 Å². The minimum atomic E-state index is -1.05. The molecular formula is C25H35N3O5. The Hall–Kier alpha value is -2.13. The number of carbonyl (C=O) groups excluding carboxylic acids is 1. The number of amides is 1. The molecule has 8 heteroatoms. The zero-order chi connectivity index (χ0) is 23.4. The first-order valence-electron chi connectivity index (χ1n) is 11.9. The maximum absolute atomic E-state index is 13.1. The molecule has 1 amide bonds. The minimum Gasteiger partial charge on any atom is -0.497 e. The number of fused-ring (bicyclic) bond motifs is 1. The molecule has 0 aromatic heterocycles. The standard InChI is InChI=1S/C25H35N3O5/c1-27-12-10-24-19-14-18(31-2)7-6-16(19)13-21(27)25(24,30)9-8-20(22(24)32-3)33-23(29)28-11-4-5-17(28)15-26/h6-8,14,17,21-22,30H,4-5,9-13,15,26H2,1-3H3/t17?,21-,22+,24+,25-/m1/s1. The lowest BCUT2D eigenvalue weighted by molar-refractivity contribution is -0.184. The lowest BCUT2D eigenvalue weighted by Crippen LogP contribution is -2.75. The van der Waals surface area contributed by atoms with Crippen molar-refractivity contribution in [2.24, 2.45) is 5.73 Å². The third kappa shape index (κ3) is 3.15. The highest BCUT2D eigenvalue weighted by molar-refractivity contribution is 5.70. The zero-order valence-electron chi connectivity index (χ0n) is 19.8. The second-order valence-corrected chi connectivity index (χ2v) is 9.89. The number of methoxy groups -OCH3 is 2. The van der Waals surface area contributed by atoms with E-state index in [1.165, 1.54) is 5.56 Å². The van der Waals surface area contributed by atoms with Gasteiger partial charge in [0, 0.05) is 38.7 Å². The van der Waals surface area contributed by atoms with E-state index in [4.69, 9.17) is 19.9 Å². The summed E-state index contributed by atoms with van der Waals surface area (Å²) in [5, 5.41) is 12.3. The monoisotopic (exact) mass is 457 g/mol. The average molecular weight is 458 g/mol. The summed E-state index contributed by atoms with van der Waals surface area (Å²) in [4.78, 5) is 17.1. The van der Waals surface area contributed by atoms with Crippen molar-refractivity contribution in [2.75, 3.05) is 40.9 Å². The number of aliphatic hydroxyl groups is 1. The van der Waals surface area contributed by atoms with E-state index in [1.54, 1.807) is 19.1 Å². The van der Waals surface area contributed by atoms with E-state index in [0.29, 0.717) is 31.7 Å². The first-order chi connectivity index (χ1) is 15.9. The molecule has 2 fully saturated rings. The van der Waals surface area contributed by atoms with Gasteiger partial charge in [-0.25, -0.2) is 4.79 Å². The molecule has 2 aliphatic carbocycles. The molecule has 5 atom stereocenters. The minimum absolute atomic E-state index is 0.00478. The van der Waals surface area contributed by atoms with Crippen molar-refractivity contribution in [2.45, 2.75) is 61.3 Å². The molecule has 0 saturated carbocycles. The molecule has 2 saturated heterocycles. The molecule has 0 spiro atoms. The molecule has 33 heavy (non-hydrogen) atoms. The lowest BCUT2D eigenvalue weighted by atomic mass is 9.49. The highest BCUT2D eigenvalue weighted by atomic mass is 16.6. The Labute approximate surface area is 195 Å². The van der Waals surface area contributed by atoms with E-state index in [-0.39, 0.29) is 18.2 Å². The largest absolute Gasteiger partial charge is 0.497 e. The van der Waals surface area contributed by atoms with E-state index in [9.17, 15) is 9.90 Å². The number of piperidine rings is 1. The number of rotatable bonds is 4. The number of hydrogen-bond donors (Lipinski definition) is 2. The number of ether oxygens (including phenoxy) is 3. The summed E-state index contributed by atoms with van der Waals surface area (Å²) >= 11 is 0. The summed E-state index contributed by atoms with van der Waals surface area (Å²) in [6.07, 6.45) is 4.51. The Morgan fingerprint density at radius 1 is 1.30 bits per heavy atom. The third-order valence-corrected chi connectivity index (χ3v) is 8.57. The van der Waals surface area contributed by atoms with Gasteiger partial charge < -0.3 is 34.9 Å². The molecule has 2 aliphatic heterocycles. The number of likely N-dealkylation sites (N-methyl/N-ethyl adjacent to an activating group) is 1.